The van der Waals surface area contributed by atoms with Gasteiger partial charge >= 0.3 is 0 Å². The van der Waals surface area contributed by atoms with Gasteiger partial charge in [-0.05, 0) is 72.8 Å². The molecule has 15 heteroatoms. The molecule has 0 radical (unpaired) electrons. The van der Waals surface area contributed by atoms with E-state index in [-0.39, 0.29) is 62.6 Å². The molecule has 252 valence electrons. The van der Waals surface area contributed by atoms with Gasteiger partial charge in [-0.25, -0.2) is 0 Å². The minimum Gasteiger partial charge on any atom is -0.507 e. The first-order chi connectivity index (χ1) is 21.1. The van der Waals surface area contributed by atoms with E-state index in [0.29, 0.717) is 68.5 Å². The van der Waals surface area contributed by atoms with Crippen LogP contribution in [0.3, 0.4) is 0 Å². The van der Waals surface area contributed by atoms with Crippen LogP contribution < -0.4 is 0 Å². The second-order valence-electron chi connectivity index (χ2n) is 8.95. The number of phenolic OH excluding ortho intramolecular Hbond substituents is 4. The van der Waals surface area contributed by atoms with E-state index in [4.69, 9.17) is 46.4 Å². The van der Waals surface area contributed by atoms with Gasteiger partial charge in [0.15, 0.2) is 0 Å². The Kier molecular flexibility index (Phi) is 21.8. The summed E-state index contributed by atoms with van der Waals surface area (Å²) in [5.74, 6) is 0.502. The monoisotopic (exact) mass is 802 g/mol. The van der Waals surface area contributed by atoms with Gasteiger partial charge in [-0.15, -0.1) is 0 Å². The van der Waals surface area contributed by atoms with Crippen LogP contribution in [0.4, 0.5) is 0 Å². The molecule has 9 nitrogen and oxygen atoms in total. The third-order valence-electron chi connectivity index (χ3n) is 5.60. The quantitative estimate of drug-likeness (QED) is 0.0768. The average molecular weight is 804 g/mol. The van der Waals surface area contributed by atoms with E-state index in [0.717, 1.165) is 0 Å². The summed E-state index contributed by atoms with van der Waals surface area (Å²) in [6, 6.07) is 19.0. The summed E-state index contributed by atoms with van der Waals surface area (Å²) in [5.41, 5.74) is 2.24. The molecule has 0 saturated heterocycles. The second-order valence-corrected chi connectivity index (χ2v) is 10.7. The molecule has 0 fully saturated rings. The topological polar surface area (TPSA) is 162 Å². The Labute approximate surface area is 313 Å². The van der Waals surface area contributed by atoms with Crippen LogP contribution in [0, 0.1) is 0 Å². The van der Waals surface area contributed by atoms with Gasteiger partial charge in [-0.3, -0.25) is 20.0 Å². The molecule has 0 aromatic heterocycles. The number of nitrogens with zero attached hydrogens (tertiary/aromatic N) is 4. The molecule has 0 saturated carbocycles. The van der Waals surface area contributed by atoms with Crippen LogP contribution in [0.5, 0.6) is 23.0 Å². The molecule has 0 spiro atoms. The van der Waals surface area contributed by atoms with Crippen molar-refractivity contribution in [3.63, 3.8) is 0 Å². The van der Waals surface area contributed by atoms with Crippen molar-refractivity contribution in [1.82, 2.24) is 0 Å². The second kappa shape index (κ2) is 23.3. The summed E-state index contributed by atoms with van der Waals surface area (Å²) in [5, 5.41) is 40.6. The summed E-state index contributed by atoms with van der Waals surface area (Å²) in [6.45, 7) is 1.79. The van der Waals surface area contributed by atoms with Gasteiger partial charge in [-0.1, -0.05) is 46.4 Å². The first kappa shape index (κ1) is 43.9. The fraction of sp³-hybridized carbons (Fsp3) is 0.125. The SMILES string of the molecule is O.Oc1ccc(Cl)cc1C=NCCN=Cc1cc(Cl)ccc1O.Oc1ccc(Cl)cc1C=NCCN=Cc1cc(Cl)ccc1O.[Fe].[Fe]. The van der Waals surface area contributed by atoms with E-state index < -0.39 is 0 Å². The maximum absolute atomic E-state index is 9.62. The van der Waals surface area contributed by atoms with Crippen molar-refractivity contribution in [1.29, 1.82) is 0 Å². The van der Waals surface area contributed by atoms with E-state index >= 15 is 0 Å². The third kappa shape index (κ3) is 16.0. The van der Waals surface area contributed by atoms with Gasteiger partial charge in [0, 0.05) is 101 Å². The van der Waals surface area contributed by atoms with Crippen molar-refractivity contribution in [2.45, 2.75) is 0 Å². The zero-order chi connectivity index (χ0) is 31.9. The number of phenols is 4. The number of hydrogen-bond donors (Lipinski definition) is 4. The van der Waals surface area contributed by atoms with Gasteiger partial charge in [-0.2, -0.15) is 0 Å². The van der Waals surface area contributed by atoms with Crippen LogP contribution in [0.1, 0.15) is 22.3 Å². The summed E-state index contributed by atoms with van der Waals surface area (Å²) < 4.78 is 0. The molecule has 4 rings (SSSR count). The minimum absolute atomic E-state index is 0. The molecule has 47 heavy (non-hydrogen) atoms. The molecule has 4 aromatic rings. The van der Waals surface area contributed by atoms with Crippen molar-refractivity contribution in [3.8, 4) is 23.0 Å². The van der Waals surface area contributed by atoms with Gasteiger partial charge in [0.2, 0.25) is 0 Å². The standard InChI is InChI=1S/2C16H14Cl2N2O2.2Fe.H2O/c2*17-13-1-3-15(21)11(7-13)9-19-5-6-20-10-12-8-14(18)2-4-16(12)22;;;/h2*1-4,7-10,21-22H,5-6H2;;;1H2. The average Bonchev–Trinajstić information content (AvgIpc) is 2.99. The number of benzene rings is 4. The number of aromatic hydroxyl groups is 4. The summed E-state index contributed by atoms with van der Waals surface area (Å²) >= 11 is 23.4. The van der Waals surface area contributed by atoms with Crippen molar-refractivity contribution >= 4 is 71.3 Å². The van der Waals surface area contributed by atoms with Crippen LogP contribution in [-0.2, 0) is 34.1 Å². The first-order valence-electron chi connectivity index (χ1n) is 13.1. The summed E-state index contributed by atoms with van der Waals surface area (Å²) in [6.07, 6.45) is 6.20. The van der Waals surface area contributed by atoms with E-state index in [1.54, 1.807) is 73.4 Å². The number of hydrogen-bond acceptors (Lipinski definition) is 8. The Morgan fingerprint density at radius 1 is 0.404 bits per heavy atom. The van der Waals surface area contributed by atoms with E-state index in [1.807, 2.05) is 0 Å². The van der Waals surface area contributed by atoms with Crippen LogP contribution in [-0.4, -0.2) is 76.9 Å². The van der Waals surface area contributed by atoms with Crippen LogP contribution in [0.15, 0.2) is 92.8 Å². The van der Waals surface area contributed by atoms with Crippen molar-refractivity contribution in [2.24, 2.45) is 20.0 Å². The predicted molar refractivity (Wildman–Crippen MR) is 186 cm³/mol. The fourth-order valence-electron chi connectivity index (χ4n) is 3.40. The van der Waals surface area contributed by atoms with Crippen molar-refractivity contribution in [2.75, 3.05) is 26.2 Å². The smallest absolute Gasteiger partial charge is 0.124 e. The molecular weight excluding hydrogens is 774 g/mol. The molecule has 4 aromatic carbocycles. The Bertz CT molecular complexity index is 1450. The van der Waals surface area contributed by atoms with Crippen molar-refractivity contribution < 1.29 is 60.0 Å². The van der Waals surface area contributed by atoms with E-state index in [1.165, 1.54) is 24.3 Å². The first-order valence-corrected chi connectivity index (χ1v) is 14.6. The van der Waals surface area contributed by atoms with Gasteiger partial charge in [0.25, 0.3) is 0 Å². The largest absolute Gasteiger partial charge is 0.507 e. The Balaban J connectivity index is 0.000000846. The maximum Gasteiger partial charge on any atom is 0.124 e. The molecule has 0 atom stereocenters. The molecule has 6 N–H and O–H groups in total. The fourth-order valence-corrected chi connectivity index (χ4v) is 4.12. The summed E-state index contributed by atoms with van der Waals surface area (Å²) in [7, 11) is 0. The minimum atomic E-state index is 0. The van der Waals surface area contributed by atoms with Gasteiger partial charge < -0.3 is 25.9 Å². The van der Waals surface area contributed by atoms with Crippen LogP contribution in [0.2, 0.25) is 20.1 Å². The molecule has 0 amide bonds. The number of aliphatic imine (C=N–C) groups is 4. The molecule has 0 heterocycles. The molecule has 0 aliphatic rings. The summed E-state index contributed by atoms with van der Waals surface area (Å²) in [4.78, 5) is 16.7. The maximum atomic E-state index is 9.62. The van der Waals surface area contributed by atoms with E-state index in [2.05, 4.69) is 20.0 Å². The molecule has 0 unspecified atom stereocenters. The number of rotatable bonds is 10. The Morgan fingerprint density at radius 3 is 0.787 bits per heavy atom. The molecule has 0 aliphatic heterocycles. The predicted octanol–water partition coefficient (Wildman–Crippen LogP) is 7.06. The van der Waals surface area contributed by atoms with Crippen molar-refractivity contribution in [3.05, 3.63) is 115 Å². The van der Waals surface area contributed by atoms with Gasteiger partial charge in [0.05, 0.1) is 26.2 Å². The van der Waals surface area contributed by atoms with Gasteiger partial charge in [0.1, 0.15) is 23.0 Å². The van der Waals surface area contributed by atoms with E-state index in [9.17, 15) is 20.4 Å². The molecule has 0 aliphatic carbocycles. The Morgan fingerprint density at radius 2 is 0.596 bits per heavy atom. The Hall–Kier alpha value is -3.08. The third-order valence-corrected chi connectivity index (χ3v) is 6.54. The molecule has 0 bridgehead atoms. The molecular formula is C32H30Cl4Fe2N4O5. The number of halogens is 4. The van der Waals surface area contributed by atoms with Crippen LogP contribution in [0.25, 0.3) is 0 Å². The normalized spacial score (nSPS) is 10.8. The zero-order valence-electron chi connectivity index (χ0n) is 24.4. The zero-order valence-corrected chi connectivity index (χ0v) is 29.6. The van der Waals surface area contributed by atoms with Crippen LogP contribution >= 0.6 is 46.4 Å².